The van der Waals surface area contributed by atoms with E-state index in [0.717, 1.165) is 70.1 Å². The number of carbonyl (C=O) groups is 1. The minimum Gasteiger partial charge on any atom is -0.478 e. The van der Waals surface area contributed by atoms with Crippen molar-refractivity contribution in [1.82, 2.24) is 9.97 Å². The quantitative estimate of drug-likeness (QED) is 0.261. The molecule has 2 aromatic heterocycles. The number of carboxylic acid groups (broad SMARTS) is 1. The van der Waals surface area contributed by atoms with E-state index in [9.17, 15) is 23.2 Å². The maximum Gasteiger partial charge on any atom is 0.417 e. The summed E-state index contributed by atoms with van der Waals surface area (Å²) in [5.74, 6) is -1.05. The molecule has 0 radical (unpaired) electrons. The van der Waals surface area contributed by atoms with Gasteiger partial charge in [-0.3, -0.25) is 4.98 Å². The van der Waals surface area contributed by atoms with Crippen molar-refractivity contribution in [3.05, 3.63) is 99.8 Å². The third-order valence-electron chi connectivity index (χ3n) is 6.61. The van der Waals surface area contributed by atoms with Crippen LogP contribution in [0.25, 0.3) is 27.4 Å². The van der Waals surface area contributed by atoms with E-state index in [0.29, 0.717) is 5.56 Å². The zero-order valence-corrected chi connectivity index (χ0v) is 20.7. The van der Waals surface area contributed by atoms with Crippen LogP contribution in [0.1, 0.15) is 52.8 Å². The number of aliphatic carboxylic acids is 1. The smallest absolute Gasteiger partial charge is 0.417 e. The first kappa shape index (κ1) is 25.4. The average molecular weight is 532 g/mol. The fraction of sp³-hybridized carbons (Fsp3) is 0.172. The molecule has 190 valence electrons. The van der Waals surface area contributed by atoms with Crippen LogP contribution in [0.5, 0.6) is 0 Å². The molecular formula is C29H20F3N3O2S. The molecule has 2 heterocycles. The zero-order chi connectivity index (χ0) is 26.9. The predicted octanol–water partition coefficient (Wildman–Crippen LogP) is 7.44. The van der Waals surface area contributed by atoms with Gasteiger partial charge in [0.25, 0.3) is 0 Å². The molecule has 0 bridgehead atoms. The first-order valence-corrected chi connectivity index (χ1v) is 12.7. The minimum atomic E-state index is -4.62. The number of fused-ring (bicyclic) bond motifs is 1. The van der Waals surface area contributed by atoms with E-state index in [1.54, 1.807) is 17.6 Å². The van der Waals surface area contributed by atoms with Gasteiger partial charge in [0.05, 0.1) is 32.5 Å². The van der Waals surface area contributed by atoms with E-state index in [1.807, 2.05) is 36.4 Å². The van der Waals surface area contributed by atoms with E-state index >= 15 is 0 Å². The summed E-state index contributed by atoms with van der Waals surface area (Å²) in [6.45, 7) is 0. The van der Waals surface area contributed by atoms with E-state index in [4.69, 9.17) is 5.11 Å². The van der Waals surface area contributed by atoms with Crippen LogP contribution in [0, 0.1) is 17.2 Å². The molecule has 1 N–H and O–H groups in total. The van der Waals surface area contributed by atoms with Gasteiger partial charge in [-0.15, -0.1) is 11.3 Å². The summed E-state index contributed by atoms with van der Waals surface area (Å²) < 4.78 is 41.3. The Bertz CT molecular complexity index is 1630. The molecule has 1 aliphatic rings. The van der Waals surface area contributed by atoms with Crippen molar-refractivity contribution in [1.29, 1.82) is 5.26 Å². The molecule has 1 fully saturated rings. The number of allylic oxidation sites excluding steroid dienone is 1. The number of nitriles is 1. The van der Waals surface area contributed by atoms with Crippen LogP contribution >= 0.6 is 11.3 Å². The number of hydrogen-bond acceptors (Lipinski definition) is 5. The Labute approximate surface area is 220 Å². The van der Waals surface area contributed by atoms with E-state index in [2.05, 4.69) is 9.97 Å². The summed E-state index contributed by atoms with van der Waals surface area (Å²) in [5, 5.41) is 18.8. The first-order valence-electron chi connectivity index (χ1n) is 11.8. The molecular weight excluding hydrogens is 511 g/mol. The second kappa shape index (κ2) is 10.2. The fourth-order valence-corrected chi connectivity index (χ4v) is 5.21. The minimum absolute atomic E-state index is 0.0130. The topological polar surface area (TPSA) is 86.9 Å². The molecule has 1 aliphatic carbocycles. The lowest BCUT2D eigenvalue weighted by Gasteiger charge is -2.31. The van der Waals surface area contributed by atoms with E-state index in [1.165, 1.54) is 17.4 Å². The number of pyridine rings is 1. The Hall–Kier alpha value is -4.29. The van der Waals surface area contributed by atoms with Gasteiger partial charge >= 0.3 is 12.1 Å². The molecule has 1 saturated carbocycles. The van der Waals surface area contributed by atoms with Gasteiger partial charge in [0.15, 0.2) is 0 Å². The Morgan fingerprint density at radius 3 is 2.45 bits per heavy atom. The monoisotopic (exact) mass is 531 g/mol. The van der Waals surface area contributed by atoms with Gasteiger partial charge in [0, 0.05) is 12.3 Å². The Morgan fingerprint density at radius 2 is 1.82 bits per heavy atom. The van der Waals surface area contributed by atoms with Gasteiger partial charge in [-0.25, -0.2) is 9.78 Å². The lowest BCUT2D eigenvalue weighted by molar-refractivity contribution is -0.138. The van der Waals surface area contributed by atoms with Crippen molar-refractivity contribution in [2.75, 3.05) is 0 Å². The molecule has 0 saturated heterocycles. The number of benzene rings is 2. The van der Waals surface area contributed by atoms with Gasteiger partial charge in [0.2, 0.25) is 0 Å². The van der Waals surface area contributed by atoms with Crippen LogP contribution in [-0.4, -0.2) is 21.0 Å². The van der Waals surface area contributed by atoms with Gasteiger partial charge in [-0.1, -0.05) is 36.8 Å². The van der Waals surface area contributed by atoms with E-state index < -0.39 is 17.7 Å². The first-order chi connectivity index (χ1) is 18.2. The maximum absolute atomic E-state index is 13.4. The number of aromatic nitrogens is 2. The molecule has 0 unspecified atom stereocenters. The number of hydrogen-bond donors (Lipinski definition) is 1. The van der Waals surface area contributed by atoms with Gasteiger partial charge < -0.3 is 5.11 Å². The Morgan fingerprint density at radius 1 is 1.08 bits per heavy atom. The highest BCUT2D eigenvalue weighted by Gasteiger charge is 2.34. The van der Waals surface area contributed by atoms with Crippen LogP contribution in [0.4, 0.5) is 13.2 Å². The van der Waals surface area contributed by atoms with Gasteiger partial charge in [-0.2, -0.15) is 18.4 Å². The van der Waals surface area contributed by atoms with Gasteiger partial charge in [-0.05, 0) is 70.9 Å². The normalized spacial score (nSPS) is 14.8. The lowest BCUT2D eigenvalue weighted by Crippen LogP contribution is -2.17. The highest BCUT2D eigenvalue weighted by atomic mass is 32.1. The maximum atomic E-state index is 13.4. The molecule has 5 rings (SSSR count). The summed E-state index contributed by atoms with van der Waals surface area (Å²) in [7, 11) is 0. The second-order valence-corrected chi connectivity index (χ2v) is 9.86. The summed E-state index contributed by atoms with van der Waals surface area (Å²) in [6.07, 6.45) is 1.32. The molecule has 9 heteroatoms. The lowest BCUT2D eigenvalue weighted by atomic mass is 9.73. The number of halogens is 3. The number of carboxylic acids is 1. The van der Waals surface area contributed by atoms with Crippen LogP contribution in [0.2, 0.25) is 0 Å². The number of alkyl halides is 3. The predicted molar refractivity (Wildman–Crippen MR) is 140 cm³/mol. The number of thiazole rings is 1. The van der Waals surface area contributed by atoms with Crippen molar-refractivity contribution in [3.8, 4) is 6.07 Å². The highest BCUT2D eigenvalue weighted by Crippen LogP contribution is 2.46. The SMILES string of the molecule is N#Cc1cc(C(F)(F)F)cnc1/C(=C(\c1ccc(/C=C/C(=O)O)cc1)c1ccc2scnc2c1)C1CCC1. The highest BCUT2D eigenvalue weighted by molar-refractivity contribution is 7.16. The molecule has 0 amide bonds. The summed E-state index contributed by atoms with van der Waals surface area (Å²) in [4.78, 5) is 19.6. The molecule has 0 atom stereocenters. The number of rotatable bonds is 6. The molecule has 0 spiro atoms. The summed E-state index contributed by atoms with van der Waals surface area (Å²) in [6, 6.07) is 15.9. The number of nitrogens with zero attached hydrogens (tertiary/aromatic N) is 3. The average Bonchev–Trinajstić information content (AvgIpc) is 3.34. The molecule has 2 aromatic carbocycles. The molecule has 38 heavy (non-hydrogen) atoms. The van der Waals surface area contributed by atoms with Gasteiger partial charge in [0.1, 0.15) is 6.07 Å². The van der Waals surface area contributed by atoms with E-state index in [-0.39, 0.29) is 17.2 Å². The molecule has 0 aliphatic heterocycles. The standard InChI is InChI=1S/C29H20F3N3O2S/c30-29(31,32)22-12-21(14-33)28(34-15-22)27(18-2-1-3-18)26(20-9-10-24-23(13-20)35-16-38-24)19-7-4-17(5-8-19)6-11-25(36)37/h4-13,15-16,18H,1-3H2,(H,36,37)/b11-6+,27-26+. The van der Waals surface area contributed by atoms with Crippen molar-refractivity contribution in [3.63, 3.8) is 0 Å². The van der Waals surface area contributed by atoms with Crippen LogP contribution < -0.4 is 0 Å². The third-order valence-corrected chi connectivity index (χ3v) is 7.42. The van der Waals surface area contributed by atoms with Crippen molar-refractivity contribution < 1.29 is 23.1 Å². The molecule has 4 aromatic rings. The zero-order valence-electron chi connectivity index (χ0n) is 19.9. The largest absolute Gasteiger partial charge is 0.478 e. The van der Waals surface area contributed by atoms with Crippen molar-refractivity contribution in [2.45, 2.75) is 25.4 Å². The van der Waals surface area contributed by atoms with Crippen molar-refractivity contribution in [2.24, 2.45) is 5.92 Å². The van der Waals surface area contributed by atoms with Crippen LogP contribution in [0.15, 0.2) is 66.3 Å². The van der Waals surface area contributed by atoms with Crippen LogP contribution in [0.3, 0.4) is 0 Å². The third kappa shape index (κ3) is 5.08. The Kier molecular flexibility index (Phi) is 6.83. The van der Waals surface area contributed by atoms with Crippen LogP contribution in [-0.2, 0) is 11.0 Å². The summed E-state index contributed by atoms with van der Waals surface area (Å²) in [5.41, 5.74) is 5.45. The molecule has 5 nitrogen and oxygen atoms in total. The summed E-state index contributed by atoms with van der Waals surface area (Å²) >= 11 is 1.51. The fourth-order valence-electron chi connectivity index (χ4n) is 4.55. The Balaban J connectivity index is 1.77. The second-order valence-electron chi connectivity index (χ2n) is 8.97. The van der Waals surface area contributed by atoms with Crippen molar-refractivity contribution >= 4 is 44.7 Å².